The molecule has 0 saturated carbocycles. The molecule has 6 aromatic carbocycles. The minimum Gasteiger partial charge on any atom is -0.497 e. The average Bonchev–Trinajstić information content (AvgIpc) is 1.65. The van der Waals surface area contributed by atoms with Crippen LogP contribution < -0.4 is 23.7 Å². The van der Waals surface area contributed by atoms with Gasteiger partial charge in [-0.1, -0.05) is 132 Å². The molecule has 0 bridgehead atoms. The Kier molecular flexibility index (Phi) is 29.4. The van der Waals surface area contributed by atoms with Crippen LogP contribution in [0.2, 0.25) is 0 Å². The first-order valence-electron chi connectivity index (χ1n) is 35.2. The first kappa shape index (κ1) is 79.2. The summed E-state index contributed by atoms with van der Waals surface area (Å²) in [7, 11) is 6.62. The van der Waals surface area contributed by atoms with E-state index in [1.54, 1.807) is 71.8 Å². The molecule has 0 aliphatic carbocycles. The van der Waals surface area contributed by atoms with Gasteiger partial charge < -0.3 is 50.5 Å². The van der Waals surface area contributed by atoms with E-state index in [4.69, 9.17) is 50.5 Å². The number of allylic oxidation sites excluding steroid dienone is 1. The van der Waals surface area contributed by atoms with Gasteiger partial charge in [-0.05, 0) is 162 Å². The number of aromatic nitrogens is 15. The number of fused-ring (bicyclic) bond motifs is 1. The molecule has 0 atom stereocenters. The molecule has 0 unspecified atom stereocenters. The molecule has 1 fully saturated rings. The first-order chi connectivity index (χ1) is 55.7. The van der Waals surface area contributed by atoms with Crippen molar-refractivity contribution in [3.63, 3.8) is 0 Å². The van der Waals surface area contributed by atoms with Gasteiger partial charge >= 0.3 is 0 Å². The minimum absolute atomic E-state index is 0.438. The number of H-pyrrole nitrogens is 1. The minimum atomic E-state index is 0.438. The molecule has 17 rings (SSSR count). The summed E-state index contributed by atoms with van der Waals surface area (Å²) in [5, 5.41) is 51.3. The fourth-order valence-electron chi connectivity index (χ4n) is 10.4. The highest BCUT2D eigenvalue weighted by Crippen LogP contribution is 2.33. The smallest absolute Gasteiger partial charge is 0.277 e. The van der Waals surface area contributed by atoms with Crippen molar-refractivity contribution >= 4 is 81.5 Å². The van der Waals surface area contributed by atoms with Gasteiger partial charge in [-0.15, -0.1) is 51.0 Å². The third kappa shape index (κ3) is 24.3. The Bertz CT molecular complexity index is 5260. The van der Waals surface area contributed by atoms with E-state index in [-0.39, 0.29) is 0 Å². The van der Waals surface area contributed by atoms with Gasteiger partial charge in [0.1, 0.15) is 34.4 Å². The zero-order valence-electron chi connectivity index (χ0n) is 61.5. The molecule has 113 heavy (non-hydrogen) atoms. The fraction of sp³-hybridized carbons (Fsp3) is 0.198. The molecule has 27 nitrogen and oxygen atoms in total. The Balaban J connectivity index is 0.000000124. The highest BCUT2D eigenvalue weighted by Gasteiger charge is 2.18. The molecular formula is C81H74N16O11S5. The number of benzene rings is 6. The summed E-state index contributed by atoms with van der Waals surface area (Å²) in [5.41, 5.74) is 10.9. The SMILES string of the molecule is COc1ccc(CSc2nnc(-c3ccc4cn[nH]c4c3)o2)cc1.COc1ccc(CSc2nnc(-c3ccccn3)o2)cc1.COc1ccc(CSc2nnc(-c3cccnc3)o2)cc1.COc1ccc(CSc2nnc(C3=CCN=C3)o2)cc1.c1cc(-c2nnc(SCc3ccc(OCC4CCOCC4)cc3)o2)ccn1. The molecule has 15 aromatic rings. The standard InChI is InChI=1S/C20H21N3O3S.C17H14N4O2S.2C15H13N3O2S.C14H13N3O2S/c1-3-18(25-13-15-7-11-24-12-8-15)4-2-16(1)14-27-20-23-22-19(26-20)17-5-9-21-10-6-17;1-22-14-6-2-11(3-7-14)10-24-17-21-20-16(23-17)12-4-5-13-9-18-19-15(13)8-12;1-19-13-6-4-11(5-7-13)10-21-15-18-17-14(20-15)12-3-2-8-16-9-12;1-19-12-7-5-11(6-8-12)10-21-15-18-17-14(20-15)13-4-2-3-9-16-13;1-18-12-4-2-10(3-5-12)9-20-14-17-16-13(19-14)11-6-7-15-8-11/h1-6,9-10,15H,7-8,11-14H2;2-9H,10H2,1H3,(H,18,19);2*2-9H,10H2,1H3;2-6,8H,7,9H2,1H3. The van der Waals surface area contributed by atoms with Crippen LogP contribution in [0.5, 0.6) is 28.7 Å². The van der Waals surface area contributed by atoms with Gasteiger partial charge in [-0.25, -0.2) is 0 Å². The monoisotopic (exact) mass is 1610 g/mol. The van der Waals surface area contributed by atoms with Crippen LogP contribution in [-0.2, 0) is 33.5 Å². The van der Waals surface area contributed by atoms with Crippen LogP contribution in [0.15, 0.2) is 278 Å². The fourth-order valence-corrected chi connectivity index (χ4v) is 14.0. The Labute approximate surface area is 670 Å². The maximum absolute atomic E-state index is 5.91. The Morgan fingerprint density at radius 2 is 0.850 bits per heavy atom. The van der Waals surface area contributed by atoms with Crippen molar-refractivity contribution < 1.29 is 50.5 Å². The van der Waals surface area contributed by atoms with Crippen LogP contribution in [0.1, 0.15) is 46.5 Å². The summed E-state index contributed by atoms with van der Waals surface area (Å²) in [4.78, 5) is 16.3. The summed E-state index contributed by atoms with van der Waals surface area (Å²) in [5.74, 6) is 11.2. The molecule has 0 amide bonds. The normalized spacial score (nSPS) is 12.2. The van der Waals surface area contributed by atoms with E-state index in [2.05, 4.69) is 93.3 Å². The zero-order valence-corrected chi connectivity index (χ0v) is 65.6. The maximum Gasteiger partial charge on any atom is 0.277 e. The van der Waals surface area contributed by atoms with Crippen LogP contribution in [0.4, 0.5) is 0 Å². The largest absolute Gasteiger partial charge is 0.497 e. The van der Waals surface area contributed by atoms with Crippen LogP contribution in [0, 0.1) is 5.92 Å². The number of thioether (sulfide) groups is 5. The van der Waals surface area contributed by atoms with Crippen molar-refractivity contribution in [3.05, 3.63) is 259 Å². The number of methoxy groups -OCH3 is 4. The van der Waals surface area contributed by atoms with Crippen LogP contribution in [0.3, 0.4) is 0 Å². The molecule has 32 heteroatoms. The molecule has 2 aliphatic rings. The van der Waals surface area contributed by atoms with Crippen molar-refractivity contribution in [2.75, 3.05) is 54.8 Å². The predicted molar refractivity (Wildman–Crippen MR) is 433 cm³/mol. The summed E-state index contributed by atoms with van der Waals surface area (Å²) in [6, 6.07) is 58.7. The summed E-state index contributed by atoms with van der Waals surface area (Å²) in [6.07, 6.45) is 16.2. The van der Waals surface area contributed by atoms with E-state index in [1.807, 2.05) is 176 Å². The molecule has 11 heterocycles. The molecule has 0 radical (unpaired) electrons. The molecular weight excluding hydrogens is 1530 g/mol. The summed E-state index contributed by atoms with van der Waals surface area (Å²) in [6.45, 7) is 3.15. The van der Waals surface area contributed by atoms with Gasteiger partial charge in [0.05, 0.1) is 64.4 Å². The molecule has 0 spiro atoms. The second kappa shape index (κ2) is 41.9. The van der Waals surface area contributed by atoms with E-state index in [0.29, 0.717) is 73.7 Å². The number of nitrogens with zero attached hydrogens (tertiary/aromatic N) is 15. The second-order valence-corrected chi connectivity index (χ2v) is 28.9. The average molecular weight is 1610 g/mol. The van der Waals surface area contributed by atoms with E-state index in [0.717, 1.165) is 123 Å². The highest BCUT2D eigenvalue weighted by atomic mass is 32.2. The summed E-state index contributed by atoms with van der Waals surface area (Å²) < 4.78 is 60.1. The van der Waals surface area contributed by atoms with E-state index >= 15 is 0 Å². The number of aromatic amines is 1. The van der Waals surface area contributed by atoms with E-state index in [1.165, 1.54) is 86.6 Å². The van der Waals surface area contributed by atoms with Crippen molar-refractivity contribution in [1.29, 1.82) is 0 Å². The first-order valence-corrected chi connectivity index (χ1v) is 40.1. The van der Waals surface area contributed by atoms with Gasteiger partial charge in [-0.3, -0.25) is 25.0 Å². The Morgan fingerprint density at radius 3 is 1.30 bits per heavy atom. The van der Waals surface area contributed by atoms with Crippen molar-refractivity contribution in [2.24, 2.45) is 10.9 Å². The van der Waals surface area contributed by atoms with Crippen molar-refractivity contribution in [3.8, 4) is 74.7 Å². The number of pyridine rings is 3. The van der Waals surface area contributed by atoms with Gasteiger partial charge in [0.2, 0.25) is 23.6 Å². The topological polar surface area (TPSA) is 330 Å². The van der Waals surface area contributed by atoms with Gasteiger partial charge in [-0.2, -0.15) is 5.10 Å². The third-order valence-corrected chi connectivity index (χ3v) is 21.0. The van der Waals surface area contributed by atoms with E-state index < -0.39 is 0 Å². The number of rotatable bonds is 27. The molecule has 2 aliphatic heterocycles. The zero-order chi connectivity index (χ0) is 77.4. The highest BCUT2D eigenvalue weighted by molar-refractivity contribution is 7.99. The van der Waals surface area contributed by atoms with E-state index in [9.17, 15) is 0 Å². The van der Waals surface area contributed by atoms with Crippen molar-refractivity contribution in [2.45, 2.75) is 67.7 Å². The number of nitrogens with one attached hydrogen (secondary N) is 1. The van der Waals surface area contributed by atoms with Gasteiger partial charge in [0.25, 0.3) is 32.0 Å². The lowest BCUT2D eigenvalue weighted by atomic mass is 10.0. The van der Waals surface area contributed by atoms with Crippen LogP contribution in [-0.4, -0.2) is 137 Å². The lowest BCUT2D eigenvalue weighted by Gasteiger charge is -2.22. The lowest BCUT2D eigenvalue weighted by molar-refractivity contribution is 0.0497. The van der Waals surface area contributed by atoms with Gasteiger partial charge in [0.15, 0.2) is 0 Å². The van der Waals surface area contributed by atoms with Crippen LogP contribution in [0.25, 0.3) is 62.4 Å². The molecule has 574 valence electrons. The second-order valence-electron chi connectivity index (χ2n) is 24.2. The maximum atomic E-state index is 5.91. The Morgan fingerprint density at radius 1 is 0.398 bits per heavy atom. The molecule has 1 saturated heterocycles. The predicted octanol–water partition coefficient (Wildman–Crippen LogP) is 17.8. The van der Waals surface area contributed by atoms with Gasteiger partial charge in [0, 0.05) is 95.7 Å². The number of aliphatic imine (C=N–C) groups is 1. The summed E-state index contributed by atoms with van der Waals surface area (Å²) >= 11 is 7.54. The molecule has 1 N–H and O–H groups in total. The van der Waals surface area contributed by atoms with Crippen molar-refractivity contribution in [1.82, 2.24) is 76.1 Å². The number of ether oxygens (including phenoxy) is 6. The lowest BCUT2D eigenvalue weighted by Crippen LogP contribution is -2.21. The third-order valence-electron chi connectivity index (χ3n) is 16.5. The quantitative estimate of drug-likeness (QED) is 0.0467. The van der Waals surface area contributed by atoms with Crippen LogP contribution >= 0.6 is 58.8 Å². The Hall–Kier alpha value is -11.9. The molecule has 9 aromatic heterocycles. The number of hydrogen-bond donors (Lipinski definition) is 1. The number of hydrogen-bond acceptors (Lipinski definition) is 31.